The lowest BCUT2D eigenvalue weighted by molar-refractivity contribution is 0.0923. The van der Waals surface area contributed by atoms with Gasteiger partial charge in [-0.1, -0.05) is 26.2 Å². The van der Waals surface area contributed by atoms with Crippen LogP contribution in [0.5, 0.6) is 0 Å². The quantitative estimate of drug-likeness (QED) is 0.595. The van der Waals surface area contributed by atoms with Gasteiger partial charge in [0.25, 0.3) is 5.91 Å². The molecule has 4 heteroatoms. The molecule has 0 saturated carbocycles. The molecule has 1 rings (SSSR count). The van der Waals surface area contributed by atoms with Crippen molar-refractivity contribution >= 4 is 17.5 Å². The number of alkyl halides is 1. The minimum absolute atomic E-state index is 0.162. The normalized spacial score (nSPS) is 12.4. The number of furan rings is 1. The van der Waals surface area contributed by atoms with E-state index < -0.39 is 0 Å². The molecular weight excluding hydrogens is 238 g/mol. The first-order chi connectivity index (χ1) is 8.15. The van der Waals surface area contributed by atoms with E-state index in [1.165, 1.54) is 12.8 Å². The molecule has 0 aliphatic carbocycles. The molecule has 1 heterocycles. The first-order valence-corrected chi connectivity index (χ1v) is 6.60. The molecule has 0 radical (unpaired) electrons. The molecule has 0 aromatic carbocycles. The summed E-state index contributed by atoms with van der Waals surface area (Å²) in [5.41, 5.74) is 0. The fraction of sp³-hybridized carbons (Fsp3) is 0.615. The van der Waals surface area contributed by atoms with Crippen molar-refractivity contribution < 1.29 is 9.21 Å². The van der Waals surface area contributed by atoms with Gasteiger partial charge in [0.1, 0.15) is 5.76 Å². The molecule has 1 aromatic heterocycles. The molecule has 0 fully saturated rings. The molecule has 96 valence electrons. The van der Waals surface area contributed by atoms with Crippen LogP contribution in [0.4, 0.5) is 0 Å². The zero-order chi connectivity index (χ0) is 12.7. The lowest BCUT2D eigenvalue weighted by atomic mass is 10.2. The zero-order valence-corrected chi connectivity index (χ0v) is 11.2. The van der Waals surface area contributed by atoms with Crippen LogP contribution >= 0.6 is 11.6 Å². The van der Waals surface area contributed by atoms with Gasteiger partial charge in [-0.05, 0) is 25.5 Å². The summed E-state index contributed by atoms with van der Waals surface area (Å²) in [5, 5.41) is 2.63. The highest BCUT2D eigenvalue weighted by atomic mass is 35.5. The van der Waals surface area contributed by atoms with E-state index in [0.29, 0.717) is 18.1 Å². The van der Waals surface area contributed by atoms with Gasteiger partial charge in [-0.25, -0.2) is 0 Å². The van der Waals surface area contributed by atoms with Gasteiger partial charge in [0.15, 0.2) is 5.76 Å². The Kier molecular flexibility index (Phi) is 6.12. The fourth-order valence-corrected chi connectivity index (χ4v) is 1.65. The summed E-state index contributed by atoms with van der Waals surface area (Å²) in [6.45, 7) is 4.67. The standard InChI is InChI=1S/C13H20ClNO2/c1-3-4-5-6-9-15-13(16)12-8-7-11(17-12)10(2)14/h7-8,10H,3-6,9H2,1-2H3,(H,15,16). The summed E-state index contributed by atoms with van der Waals surface area (Å²) in [7, 11) is 0. The Bertz CT molecular complexity index is 347. The summed E-state index contributed by atoms with van der Waals surface area (Å²) in [4.78, 5) is 11.7. The third-order valence-electron chi connectivity index (χ3n) is 2.56. The molecule has 0 aliphatic heterocycles. The van der Waals surface area contributed by atoms with Crippen molar-refractivity contribution in [3.63, 3.8) is 0 Å². The highest BCUT2D eigenvalue weighted by Gasteiger charge is 2.12. The lowest BCUT2D eigenvalue weighted by Crippen LogP contribution is -2.23. The Labute approximate surface area is 108 Å². The van der Waals surface area contributed by atoms with Crippen LogP contribution in [0.2, 0.25) is 0 Å². The molecule has 3 nitrogen and oxygen atoms in total. The van der Waals surface area contributed by atoms with Gasteiger partial charge in [0.2, 0.25) is 0 Å². The molecule has 1 atom stereocenters. The molecule has 0 spiro atoms. The predicted molar refractivity (Wildman–Crippen MR) is 69.5 cm³/mol. The zero-order valence-electron chi connectivity index (χ0n) is 10.5. The molecule has 1 unspecified atom stereocenters. The van der Waals surface area contributed by atoms with Crippen molar-refractivity contribution in [1.82, 2.24) is 5.32 Å². The van der Waals surface area contributed by atoms with Crippen LogP contribution in [0.25, 0.3) is 0 Å². The summed E-state index contributed by atoms with van der Waals surface area (Å²) in [6.07, 6.45) is 4.57. The van der Waals surface area contributed by atoms with Crippen LogP contribution in [0.15, 0.2) is 16.5 Å². The van der Waals surface area contributed by atoms with Crippen LogP contribution in [-0.2, 0) is 0 Å². The Morgan fingerprint density at radius 2 is 2.18 bits per heavy atom. The number of carbonyl (C=O) groups excluding carboxylic acids is 1. The van der Waals surface area contributed by atoms with E-state index in [2.05, 4.69) is 12.2 Å². The predicted octanol–water partition coefficient (Wildman–Crippen LogP) is 3.89. The molecule has 0 bridgehead atoms. The van der Waals surface area contributed by atoms with Crippen molar-refractivity contribution in [3.8, 4) is 0 Å². The minimum Gasteiger partial charge on any atom is -0.454 e. The van der Waals surface area contributed by atoms with Gasteiger partial charge in [-0.3, -0.25) is 4.79 Å². The van der Waals surface area contributed by atoms with E-state index in [9.17, 15) is 4.79 Å². The number of unbranched alkanes of at least 4 members (excludes halogenated alkanes) is 3. The Hall–Kier alpha value is -0.960. The van der Waals surface area contributed by atoms with E-state index in [1.54, 1.807) is 12.1 Å². The molecular formula is C13H20ClNO2. The second-order valence-corrected chi connectivity index (χ2v) is 4.79. The summed E-state index contributed by atoms with van der Waals surface area (Å²) in [6, 6.07) is 3.40. The van der Waals surface area contributed by atoms with E-state index in [0.717, 1.165) is 12.8 Å². The maximum Gasteiger partial charge on any atom is 0.286 e. The van der Waals surface area contributed by atoms with Crippen molar-refractivity contribution in [2.45, 2.75) is 44.9 Å². The van der Waals surface area contributed by atoms with Gasteiger partial charge < -0.3 is 9.73 Å². The molecule has 17 heavy (non-hydrogen) atoms. The van der Waals surface area contributed by atoms with E-state index in [-0.39, 0.29) is 11.3 Å². The second kappa shape index (κ2) is 7.38. The fourth-order valence-electron chi connectivity index (χ4n) is 1.53. The van der Waals surface area contributed by atoms with Gasteiger partial charge in [0.05, 0.1) is 5.38 Å². The molecule has 1 amide bonds. The number of hydrogen-bond acceptors (Lipinski definition) is 2. The monoisotopic (exact) mass is 257 g/mol. The molecule has 0 aliphatic rings. The first kappa shape index (κ1) is 14.1. The molecule has 1 aromatic rings. The number of nitrogens with one attached hydrogen (secondary N) is 1. The Morgan fingerprint density at radius 3 is 2.76 bits per heavy atom. The maximum absolute atomic E-state index is 11.7. The Balaban J connectivity index is 2.31. The van der Waals surface area contributed by atoms with E-state index >= 15 is 0 Å². The van der Waals surface area contributed by atoms with Crippen LogP contribution in [0.1, 0.15) is 61.2 Å². The molecule has 1 N–H and O–H groups in total. The van der Waals surface area contributed by atoms with Crippen LogP contribution in [0, 0.1) is 0 Å². The Morgan fingerprint density at radius 1 is 1.41 bits per heavy atom. The van der Waals surface area contributed by atoms with E-state index in [4.69, 9.17) is 16.0 Å². The topological polar surface area (TPSA) is 42.2 Å². The smallest absolute Gasteiger partial charge is 0.286 e. The van der Waals surface area contributed by atoms with Gasteiger partial charge in [-0.2, -0.15) is 0 Å². The van der Waals surface area contributed by atoms with Crippen molar-refractivity contribution in [2.24, 2.45) is 0 Å². The van der Waals surface area contributed by atoms with Crippen LogP contribution in [0.3, 0.4) is 0 Å². The largest absolute Gasteiger partial charge is 0.454 e. The maximum atomic E-state index is 11.7. The van der Waals surface area contributed by atoms with Crippen molar-refractivity contribution in [2.75, 3.05) is 6.54 Å². The van der Waals surface area contributed by atoms with E-state index in [1.807, 2.05) is 6.92 Å². The van der Waals surface area contributed by atoms with Gasteiger partial charge >= 0.3 is 0 Å². The van der Waals surface area contributed by atoms with Gasteiger partial charge in [-0.15, -0.1) is 11.6 Å². The van der Waals surface area contributed by atoms with Crippen LogP contribution < -0.4 is 5.32 Å². The van der Waals surface area contributed by atoms with Crippen molar-refractivity contribution in [3.05, 3.63) is 23.7 Å². The average molecular weight is 258 g/mol. The number of carbonyl (C=O) groups is 1. The van der Waals surface area contributed by atoms with Crippen LogP contribution in [-0.4, -0.2) is 12.5 Å². The average Bonchev–Trinajstić information content (AvgIpc) is 2.78. The highest BCUT2D eigenvalue weighted by molar-refractivity contribution is 6.20. The number of rotatable bonds is 7. The summed E-state index contributed by atoms with van der Waals surface area (Å²) < 4.78 is 5.34. The number of hydrogen-bond donors (Lipinski definition) is 1. The summed E-state index contributed by atoms with van der Waals surface area (Å²) in [5.74, 6) is 0.802. The van der Waals surface area contributed by atoms with Crippen molar-refractivity contribution in [1.29, 1.82) is 0 Å². The summed E-state index contributed by atoms with van der Waals surface area (Å²) >= 11 is 5.86. The lowest BCUT2D eigenvalue weighted by Gasteiger charge is -2.02. The molecule has 0 saturated heterocycles. The van der Waals surface area contributed by atoms with Gasteiger partial charge in [0, 0.05) is 6.54 Å². The number of amides is 1. The second-order valence-electron chi connectivity index (χ2n) is 4.13. The number of halogens is 1. The minimum atomic E-state index is -0.207. The third-order valence-corrected chi connectivity index (χ3v) is 2.77. The SMILES string of the molecule is CCCCCCNC(=O)c1ccc(C(C)Cl)o1. The highest BCUT2D eigenvalue weighted by Crippen LogP contribution is 2.21. The third kappa shape index (κ3) is 4.82. The first-order valence-electron chi connectivity index (χ1n) is 6.17.